The number of fused-ring (bicyclic) bond motifs is 1. The second-order valence-electron chi connectivity index (χ2n) is 7.96. The number of hydrogen-bond acceptors (Lipinski definition) is 7. The summed E-state index contributed by atoms with van der Waals surface area (Å²) >= 11 is 6.54. The number of likely N-dealkylation sites (N-methyl/N-ethyl adjacent to an activating group) is 1. The number of anilines is 2. The molecule has 1 amide bonds. The summed E-state index contributed by atoms with van der Waals surface area (Å²) in [6.45, 7) is 4.99. The number of amides is 1. The van der Waals surface area contributed by atoms with Gasteiger partial charge in [-0.15, -0.1) is 0 Å². The van der Waals surface area contributed by atoms with Crippen molar-refractivity contribution in [3.05, 3.63) is 75.3 Å². The molecule has 0 spiro atoms. The second kappa shape index (κ2) is 9.19. The van der Waals surface area contributed by atoms with Crippen LogP contribution in [0.5, 0.6) is 0 Å². The number of thiocarbonyl (C=S) groups is 1. The zero-order valence-electron chi connectivity index (χ0n) is 18.5. The van der Waals surface area contributed by atoms with E-state index in [-0.39, 0.29) is 17.3 Å². The van der Waals surface area contributed by atoms with Crippen LogP contribution in [-0.2, 0) is 4.79 Å². The average Bonchev–Trinajstić information content (AvgIpc) is 3.13. The largest absolute Gasteiger partial charge is 0.368 e. The number of pyridine rings is 1. The van der Waals surface area contributed by atoms with Crippen LogP contribution in [0.3, 0.4) is 0 Å². The van der Waals surface area contributed by atoms with Crippen molar-refractivity contribution in [2.75, 3.05) is 42.5 Å². The molecule has 0 radical (unpaired) electrons. The molecule has 2 aliphatic heterocycles. The van der Waals surface area contributed by atoms with Gasteiger partial charge in [0.2, 0.25) is 0 Å². The number of rotatable bonds is 4. The third kappa shape index (κ3) is 4.07. The normalized spacial score (nSPS) is 17.9. The van der Waals surface area contributed by atoms with E-state index in [9.17, 15) is 14.0 Å². The van der Waals surface area contributed by atoms with Gasteiger partial charge in [-0.05, 0) is 49.4 Å². The Kier molecular flexibility index (Phi) is 6.09. The first kappa shape index (κ1) is 22.5. The van der Waals surface area contributed by atoms with Crippen LogP contribution in [0.4, 0.5) is 15.9 Å². The van der Waals surface area contributed by atoms with Crippen LogP contribution in [0.2, 0.25) is 0 Å². The lowest BCUT2D eigenvalue weighted by atomic mass is 10.2. The molecule has 0 aliphatic carbocycles. The van der Waals surface area contributed by atoms with Gasteiger partial charge in [-0.3, -0.25) is 18.9 Å². The molecule has 2 aromatic heterocycles. The molecule has 3 aromatic rings. The van der Waals surface area contributed by atoms with Gasteiger partial charge in [-0.1, -0.05) is 30.0 Å². The van der Waals surface area contributed by atoms with Crippen molar-refractivity contribution >= 4 is 57.4 Å². The predicted octanol–water partition coefficient (Wildman–Crippen LogP) is 3.38. The van der Waals surface area contributed by atoms with Gasteiger partial charge >= 0.3 is 0 Å². The minimum Gasteiger partial charge on any atom is -0.368 e. The van der Waals surface area contributed by atoms with E-state index in [4.69, 9.17) is 17.2 Å². The highest BCUT2D eigenvalue weighted by Crippen LogP contribution is 2.33. The average molecular weight is 496 g/mol. The van der Waals surface area contributed by atoms with E-state index in [0.717, 1.165) is 5.69 Å². The Balaban J connectivity index is 1.52. The molecular weight excluding hydrogens is 473 g/mol. The second-order valence-corrected chi connectivity index (χ2v) is 9.64. The zero-order valence-corrected chi connectivity index (χ0v) is 20.1. The van der Waals surface area contributed by atoms with Crippen molar-refractivity contribution in [2.45, 2.75) is 6.92 Å². The van der Waals surface area contributed by atoms with Crippen molar-refractivity contribution in [2.24, 2.45) is 0 Å². The van der Waals surface area contributed by atoms with E-state index in [1.54, 1.807) is 36.5 Å². The number of aromatic nitrogens is 2. The maximum atomic E-state index is 13.5. The van der Waals surface area contributed by atoms with Crippen LogP contribution < -0.4 is 15.4 Å². The number of carbonyl (C=O) groups excluding carboxylic acids is 1. The molecule has 174 valence electrons. The van der Waals surface area contributed by atoms with E-state index >= 15 is 0 Å². The summed E-state index contributed by atoms with van der Waals surface area (Å²) in [5.41, 5.74) is 1.64. The molecule has 0 unspecified atom stereocenters. The van der Waals surface area contributed by atoms with E-state index in [1.165, 1.54) is 33.2 Å². The van der Waals surface area contributed by atoms with E-state index < -0.39 is 0 Å². The minimum atomic E-state index is -0.263. The maximum absolute atomic E-state index is 13.5. The van der Waals surface area contributed by atoms with Gasteiger partial charge in [-0.2, -0.15) is 0 Å². The Labute approximate surface area is 205 Å². The molecule has 0 atom stereocenters. The number of thioether (sulfide) groups is 1. The molecule has 0 saturated carbocycles. The highest BCUT2D eigenvalue weighted by Gasteiger charge is 2.32. The first-order valence-corrected chi connectivity index (χ1v) is 12.2. The Morgan fingerprint density at radius 2 is 1.76 bits per heavy atom. The van der Waals surface area contributed by atoms with Gasteiger partial charge in [0.15, 0.2) is 0 Å². The molecule has 1 aromatic carbocycles. The summed E-state index contributed by atoms with van der Waals surface area (Å²) in [7, 11) is 0. The van der Waals surface area contributed by atoms with Gasteiger partial charge in [-0.25, -0.2) is 9.37 Å². The summed E-state index contributed by atoms with van der Waals surface area (Å²) in [6.07, 6.45) is 3.31. The monoisotopic (exact) mass is 495 g/mol. The van der Waals surface area contributed by atoms with Crippen LogP contribution in [0, 0.1) is 5.82 Å². The van der Waals surface area contributed by atoms with Crippen LogP contribution in [0.15, 0.2) is 58.4 Å². The fourth-order valence-corrected chi connectivity index (χ4v) is 5.56. The standard InChI is InChI=1S/C24H22FN5O2S2/c1-2-29-23(32)19(34-24(29)33)15-18-21(26-20-5-3-4-10-30(20)22(18)31)28-13-11-27(12-14-28)17-8-6-16(25)7-9-17/h3-10,15H,2,11-14H2,1H3. The fourth-order valence-electron chi connectivity index (χ4n) is 4.19. The van der Waals surface area contributed by atoms with Gasteiger partial charge < -0.3 is 9.80 Å². The third-order valence-electron chi connectivity index (χ3n) is 5.99. The van der Waals surface area contributed by atoms with Crippen molar-refractivity contribution in [3.8, 4) is 0 Å². The Bertz CT molecular complexity index is 1360. The molecular formula is C24H22FN5O2S2. The van der Waals surface area contributed by atoms with Crippen molar-refractivity contribution < 1.29 is 9.18 Å². The highest BCUT2D eigenvalue weighted by atomic mass is 32.2. The topological polar surface area (TPSA) is 61.2 Å². The number of nitrogens with zero attached hydrogens (tertiary/aromatic N) is 5. The Hall–Kier alpha value is -3.24. The Morgan fingerprint density at radius 3 is 2.44 bits per heavy atom. The molecule has 10 heteroatoms. The first-order valence-electron chi connectivity index (χ1n) is 11.0. The third-order valence-corrected chi connectivity index (χ3v) is 7.36. The number of benzene rings is 1. The van der Waals surface area contributed by atoms with Crippen molar-refractivity contribution in [3.63, 3.8) is 0 Å². The van der Waals surface area contributed by atoms with Gasteiger partial charge in [0.25, 0.3) is 11.5 Å². The van der Waals surface area contributed by atoms with E-state index in [2.05, 4.69) is 9.80 Å². The zero-order chi connectivity index (χ0) is 23.8. The SMILES string of the molecule is CCN1C(=O)C(=Cc2c(N3CCN(c4ccc(F)cc4)CC3)nc3ccccn3c2=O)SC1=S. The van der Waals surface area contributed by atoms with Gasteiger partial charge in [0.1, 0.15) is 21.6 Å². The lowest BCUT2D eigenvalue weighted by Gasteiger charge is -2.37. The molecule has 4 heterocycles. The number of hydrogen-bond donors (Lipinski definition) is 0. The molecule has 0 N–H and O–H groups in total. The minimum absolute atomic E-state index is 0.192. The van der Waals surface area contributed by atoms with Crippen LogP contribution >= 0.6 is 24.0 Å². The predicted molar refractivity (Wildman–Crippen MR) is 138 cm³/mol. The maximum Gasteiger partial charge on any atom is 0.267 e. The summed E-state index contributed by atoms with van der Waals surface area (Å²) in [5.74, 6) is 0.0974. The summed E-state index contributed by atoms with van der Waals surface area (Å²) in [6, 6.07) is 11.9. The fraction of sp³-hybridized carbons (Fsp3) is 0.250. The van der Waals surface area contributed by atoms with Gasteiger partial charge in [0, 0.05) is 44.6 Å². The molecule has 34 heavy (non-hydrogen) atoms. The molecule has 0 bridgehead atoms. The van der Waals surface area contributed by atoms with Crippen molar-refractivity contribution in [1.82, 2.24) is 14.3 Å². The Morgan fingerprint density at radius 1 is 1.06 bits per heavy atom. The van der Waals surface area contributed by atoms with Crippen LogP contribution in [-0.4, -0.2) is 57.2 Å². The summed E-state index contributed by atoms with van der Waals surface area (Å²) in [4.78, 5) is 37.3. The molecule has 2 aliphatic rings. The number of carbonyl (C=O) groups is 1. The van der Waals surface area contributed by atoms with E-state index in [0.29, 0.717) is 59.0 Å². The lowest BCUT2D eigenvalue weighted by molar-refractivity contribution is -0.121. The molecule has 2 saturated heterocycles. The molecule has 7 nitrogen and oxygen atoms in total. The lowest BCUT2D eigenvalue weighted by Crippen LogP contribution is -2.47. The summed E-state index contributed by atoms with van der Waals surface area (Å²) < 4.78 is 15.3. The number of halogens is 1. The molecule has 5 rings (SSSR count). The highest BCUT2D eigenvalue weighted by molar-refractivity contribution is 8.26. The van der Waals surface area contributed by atoms with Crippen LogP contribution in [0.1, 0.15) is 12.5 Å². The van der Waals surface area contributed by atoms with Crippen LogP contribution in [0.25, 0.3) is 11.7 Å². The number of piperazine rings is 1. The summed E-state index contributed by atoms with van der Waals surface area (Å²) in [5, 5.41) is 0. The van der Waals surface area contributed by atoms with Crippen molar-refractivity contribution in [1.29, 1.82) is 0 Å². The van der Waals surface area contributed by atoms with E-state index in [1.807, 2.05) is 13.0 Å². The smallest absolute Gasteiger partial charge is 0.267 e. The first-order chi connectivity index (χ1) is 16.5. The van der Waals surface area contributed by atoms with Gasteiger partial charge in [0.05, 0.1) is 10.5 Å². The molecule has 2 fully saturated rings. The quantitative estimate of drug-likeness (QED) is 0.406.